The van der Waals surface area contributed by atoms with E-state index in [1.807, 2.05) is 18.3 Å². The molecule has 0 amide bonds. The van der Waals surface area contributed by atoms with Gasteiger partial charge >= 0.3 is 0 Å². The van der Waals surface area contributed by atoms with E-state index in [1.54, 1.807) is 0 Å². The third-order valence-electron chi connectivity index (χ3n) is 5.20. The summed E-state index contributed by atoms with van der Waals surface area (Å²) in [6.45, 7) is 0. The van der Waals surface area contributed by atoms with Gasteiger partial charge in [0.15, 0.2) is 0 Å². The van der Waals surface area contributed by atoms with Crippen molar-refractivity contribution in [1.82, 2.24) is 4.98 Å². The molecule has 0 atom stereocenters. The standard InChI is InChI=1S/C16H22BrNO/c17-13-3-4-14(18-12-13)11-16(19)9-7-15(8-10-16)5-1-2-6-15/h3-4,12,19H,1-2,5-11H2. The van der Waals surface area contributed by atoms with Crippen LogP contribution in [-0.2, 0) is 6.42 Å². The quantitative estimate of drug-likeness (QED) is 0.882. The molecular weight excluding hydrogens is 302 g/mol. The number of hydrogen-bond donors (Lipinski definition) is 1. The van der Waals surface area contributed by atoms with Crippen LogP contribution in [0.3, 0.4) is 0 Å². The van der Waals surface area contributed by atoms with Crippen LogP contribution in [0.1, 0.15) is 57.1 Å². The lowest BCUT2D eigenvalue weighted by Gasteiger charge is -2.42. The maximum absolute atomic E-state index is 10.8. The molecule has 3 heteroatoms. The molecule has 1 aromatic rings. The van der Waals surface area contributed by atoms with Gasteiger partial charge in [0.1, 0.15) is 0 Å². The summed E-state index contributed by atoms with van der Waals surface area (Å²) in [5.41, 5.74) is 1.07. The molecule has 1 aromatic heterocycles. The first-order valence-corrected chi connectivity index (χ1v) is 8.22. The van der Waals surface area contributed by atoms with E-state index in [9.17, 15) is 5.11 Å². The zero-order chi connectivity index (χ0) is 13.3. The predicted octanol–water partition coefficient (Wildman–Crippen LogP) is 4.25. The van der Waals surface area contributed by atoms with Crippen LogP contribution in [0.2, 0.25) is 0 Å². The van der Waals surface area contributed by atoms with Gasteiger partial charge in [-0.2, -0.15) is 0 Å². The second-order valence-electron chi connectivity index (χ2n) is 6.58. The Morgan fingerprint density at radius 3 is 2.32 bits per heavy atom. The van der Waals surface area contributed by atoms with Crippen molar-refractivity contribution in [3.63, 3.8) is 0 Å². The topological polar surface area (TPSA) is 33.1 Å². The molecule has 2 saturated carbocycles. The zero-order valence-corrected chi connectivity index (χ0v) is 13.0. The molecular formula is C16H22BrNO. The largest absolute Gasteiger partial charge is 0.389 e. The van der Waals surface area contributed by atoms with Gasteiger partial charge in [-0.05, 0) is 72.0 Å². The summed E-state index contributed by atoms with van der Waals surface area (Å²) in [5.74, 6) is 0. The fourth-order valence-corrected chi connectivity index (χ4v) is 4.13. The lowest BCUT2D eigenvalue weighted by atomic mass is 9.66. The van der Waals surface area contributed by atoms with Gasteiger partial charge in [0.2, 0.25) is 0 Å². The number of rotatable bonds is 2. The van der Waals surface area contributed by atoms with Crippen LogP contribution in [0, 0.1) is 5.41 Å². The average Bonchev–Trinajstić information content (AvgIpc) is 2.86. The minimum absolute atomic E-state index is 0.519. The minimum Gasteiger partial charge on any atom is -0.389 e. The predicted molar refractivity (Wildman–Crippen MR) is 80.0 cm³/mol. The highest BCUT2D eigenvalue weighted by Gasteiger charge is 2.43. The van der Waals surface area contributed by atoms with Crippen molar-refractivity contribution >= 4 is 15.9 Å². The summed E-state index contributed by atoms with van der Waals surface area (Å²) in [4.78, 5) is 4.40. The van der Waals surface area contributed by atoms with E-state index in [-0.39, 0.29) is 0 Å². The van der Waals surface area contributed by atoms with Gasteiger partial charge in [-0.25, -0.2) is 0 Å². The first-order valence-electron chi connectivity index (χ1n) is 7.42. The number of hydrogen-bond acceptors (Lipinski definition) is 2. The second-order valence-corrected chi connectivity index (χ2v) is 7.49. The van der Waals surface area contributed by atoms with E-state index in [4.69, 9.17) is 0 Å². The highest BCUT2D eigenvalue weighted by molar-refractivity contribution is 9.10. The van der Waals surface area contributed by atoms with Crippen LogP contribution < -0.4 is 0 Å². The maximum Gasteiger partial charge on any atom is 0.0703 e. The SMILES string of the molecule is OC1(Cc2ccc(Br)cn2)CCC2(CCCC2)CC1. The van der Waals surface area contributed by atoms with Gasteiger partial charge in [0, 0.05) is 22.8 Å². The number of halogens is 1. The number of aliphatic hydroxyl groups is 1. The van der Waals surface area contributed by atoms with Crippen molar-refractivity contribution in [2.75, 3.05) is 0 Å². The number of aromatic nitrogens is 1. The summed E-state index contributed by atoms with van der Waals surface area (Å²) >= 11 is 3.40. The molecule has 1 spiro atoms. The van der Waals surface area contributed by atoms with Crippen LogP contribution in [0.25, 0.3) is 0 Å². The molecule has 0 aromatic carbocycles. The van der Waals surface area contributed by atoms with Gasteiger partial charge in [0.05, 0.1) is 5.60 Å². The first kappa shape index (κ1) is 13.6. The zero-order valence-electron chi connectivity index (χ0n) is 11.4. The van der Waals surface area contributed by atoms with Crippen molar-refractivity contribution in [1.29, 1.82) is 0 Å². The molecule has 2 aliphatic carbocycles. The molecule has 2 nitrogen and oxygen atoms in total. The molecule has 1 heterocycles. The summed E-state index contributed by atoms with van der Waals surface area (Å²) in [6.07, 6.45) is 12.4. The number of pyridine rings is 1. The molecule has 19 heavy (non-hydrogen) atoms. The second kappa shape index (κ2) is 5.17. The Balaban J connectivity index is 1.63. The van der Waals surface area contributed by atoms with E-state index in [1.165, 1.54) is 38.5 Å². The Morgan fingerprint density at radius 1 is 1.05 bits per heavy atom. The fourth-order valence-electron chi connectivity index (χ4n) is 3.90. The molecule has 0 unspecified atom stereocenters. The molecule has 104 valence electrons. The van der Waals surface area contributed by atoms with E-state index < -0.39 is 5.60 Å². The average molecular weight is 324 g/mol. The van der Waals surface area contributed by atoms with E-state index in [2.05, 4.69) is 20.9 Å². The normalized spacial score (nSPS) is 24.7. The first-order chi connectivity index (χ1) is 9.09. The number of nitrogens with zero attached hydrogens (tertiary/aromatic N) is 1. The molecule has 0 radical (unpaired) electrons. The van der Waals surface area contributed by atoms with Crippen molar-refractivity contribution < 1.29 is 5.11 Å². The van der Waals surface area contributed by atoms with Gasteiger partial charge in [-0.3, -0.25) is 4.98 Å². The molecule has 0 aliphatic heterocycles. The molecule has 2 aliphatic rings. The third kappa shape index (κ3) is 3.03. The minimum atomic E-state index is -0.519. The van der Waals surface area contributed by atoms with E-state index in [0.29, 0.717) is 11.8 Å². The van der Waals surface area contributed by atoms with Gasteiger partial charge in [-0.15, -0.1) is 0 Å². The van der Waals surface area contributed by atoms with Gasteiger partial charge in [0.25, 0.3) is 0 Å². The Morgan fingerprint density at radius 2 is 1.74 bits per heavy atom. The Bertz CT molecular complexity index is 427. The molecule has 0 saturated heterocycles. The molecule has 0 bridgehead atoms. The highest BCUT2D eigenvalue weighted by atomic mass is 79.9. The van der Waals surface area contributed by atoms with Crippen molar-refractivity contribution in [2.45, 2.75) is 63.4 Å². The lowest BCUT2D eigenvalue weighted by Crippen LogP contribution is -2.40. The van der Waals surface area contributed by atoms with E-state index in [0.717, 1.165) is 23.0 Å². The van der Waals surface area contributed by atoms with Crippen LogP contribution in [-0.4, -0.2) is 15.7 Å². The van der Waals surface area contributed by atoms with E-state index >= 15 is 0 Å². The Hall–Kier alpha value is -0.410. The maximum atomic E-state index is 10.8. The monoisotopic (exact) mass is 323 g/mol. The smallest absolute Gasteiger partial charge is 0.0703 e. The summed E-state index contributed by atoms with van der Waals surface area (Å²) < 4.78 is 0.997. The molecule has 3 rings (SSSR count). The Labute approximate surface area is 123 Å². The molecule has 2 fully saturated rings. The third-order valence-corrected chi connectivity index (χ3v) is 5.67. The summed E-state index contributed by atoms with van der Waals surface area (Å²) in [7, 11) is 0. The Kier molecular flexibility index (Phi) is 3.69. The van der Waals surface area contributed by atoms with Crippen molar-refractivity contribution in [3.05, 3.63) is 28.5 Å². The summed E-state index contributed by atoms with van der Waals surface area (Å²) in [5, 5.41) is 10.8. The fraction of sp³-hybridized carbons (Fsp3) is 0.688. The van der Waals surface area contributed by atoms with Crippen LogP contribution in [0.15, 0.2) is 22.8 Å². The lowest BCUT2D eigenvalue weighted by molar-refractivity contribution is -0.0328. The van der Waals surface area contributed by atoms with Crippen LogP contribution >= 0.6 is 15.9 Å². The van der Waals surface area contributed by atoms with Gasteiger partial charge in [-0.1, -0.05) is 12.8 Å². The van der Waals surface area contributed by atoms with Crippen molar-refractivity contribution in [2.24, 2.45) is 5.41 Å². The van der Waals surface area contributed by atoms with Crippen LogP contribution in [0.4, 0.5) is 0 Å². The van der Waals surface area contributed by atoms with Crippen molar-refractivity contribution in [3.8, 4) is 0 Å². The highest BCUT2D eigenvalue weighted by Crippen LogP contribution is 2.51. The molecule has 1 N–H and O–H groups in total. The van der Waals surface area contributed by atoms with Crippen LogP contribution in [0.5, 0.6) is 0 Å². The van der Waals surface area contributed by atoms with Gasteiger partial charge < -0.3 is 5.11 Å². The summed E-state index contributed by atoms with van der Waals surface area (Å²) in [6, 6.07) is 4.02.